The number of carbonyl (C=O) groups is 1. The van der Waals surface area contributed by atoms with Crippen LogP contribution in [0.3, 0.4) is 0 Å². The van der Waals surface area contributed by atoms with Crippen LogP contribution in [0.25, 0.3) is 0 Å². The molecule has 0 radical (unpaired) electrons. The maximum absolute atomic E-state index is 11.8. The van der Waals surface area contributed by atoms with Crippen LogP contribution in [0.2, 0.25) is 0 Å². The lowest BCUT2D eigenvalue weighted by Crippen LogP contribution is -2.43. The van der Waals surface area contributed by atoms with Crippen molar-refractivity contribution >= 4 is 23.1 Å². The number of hydrogen-bond donors (Lipinski definition) is 1. The summed E-state index contributed by atoms with van der Waals surface area (Å²) in [6, 6.07) is 0. The molecule has 104 valence electrons. The van der Waals surface area contributed by atoms with Crippen LogP contribution in [0.5, 0.6) is 0 Å². The van der Waals surface area contributed by atoms with Crippen molar-refractivity contribution in [3.63, 3.8) is 0 Å². The first kappa shape index (κ1) is 15.2. The van der Waals surface area contributed by atoms with Crippen molar-refractivity contribution in [2.24, 2.45) is 11.7 Å². The summed E-state index contributed by atoms with van der Waals surface area (Å²) in [4.78, 5) is 13.9. The van der Waals surface area contributed by atoms with Crippen molar-refractivity contribution in [2.45, 2.75) is 25.7 Å². The number of piperidine rings is 1. The highest BCUT2D eigenvalue weighted by Crippen LogP contribution is 2.17. The van der Waals surface area contributed by atoms with Crippen LogP contribution in [0.4, 0.5) is 8.78 Å². The highest BCUT2D eigenvalue weighted by molar-refractivity contribution is 7.80. The molecular formula is C11H18F2N2O2S. The summed E-state index contributed by atoms with van der Waals surface area (Å²) in [5.41, 5.74) is 5.57. The van der Waals surface area contributed by atoms with Gasteiger partial charge in [-0.1, -0.05) is 12.2 Å². The number of likely N-dealkylation sites (tertiary alicyclic amines) is 1. The number of thiocarbonyl (C=S) groups is 1. The zero-order valence-electron chi connectivity index (χ0n) is 10.1. The van der Waals surface area contributed by atoms with Crippen molar-refractivity contribution in [3.8, 4) is 0 Å². The Morgan fingerprint density at radius 3 is 2.89 bits per heavy atom. The molecule has 0 aromatic rings. The van der Waals surface area contributed by atoms with Crippen LogP contribution in [0.15, 0.2) is 0 Å². The van der Waals surface area contributed by atoms with Gasteiger partial charge in [0, 0.05) is 19.0 Å². The average molecular weight is 280 g/mol. The van der Waals surface area contributed by atoms with Gasteiger partial charge in [0.15, 0.2) is 0 Å². The van der Waals surface area contributed by atoms with E-state index in [9.17, 15) is 13.6 Å². The molecule has 0 saturated carbocycles. The molecule has 0 aromatic heterocycles. The van der Waals surface area contributed by atoms with Gasteiger partial charge in [0.25, 0.3) is 6.43 Å². The summed E-state index contributed by atoms with van der Waals surface area (Å²) in [6.07, 6.45) is -0.599. The normalized spacial score (nSPS) is 20.2. The summed E-state index contributed by atoms with van der Waals surface area (Å²) in [6.45, 7) is 0.607. The maximum atomic E-state index is 11.8. The Kier molecular flexibility index (Phi) is 6.42. The van der Waals surface area contributed by atoms with Crippen molar-refractivity contribution in [1.29, 1.82) is 0 Å². The van der Waals surface area contributed by atoms with Crippen LogP contribution < -0.4 is 5.73 Å². The van der Waals surface area contributed by atoms with Crippen molar-refractivity contribution < 1.29 is 18.3 Å². The van der Waals surface area contributed by atoms with Gasteiger partial charge in [0.1, 0.15) is 6.61 Å². The molecule has 0 aliphatic carbocycles. The molecule has 0 spiro atoms. The maximum Gasteiger partial charge on any atom is 0.261 e. The molecule has 1 rings (SSSR count). The summed E-state index contributed by atoms with van der Waals surface area (Å²) >= 11 is 4.92. The molecule has 1 saturated heterocycles. The quantitative estimate of drug-likeness (QED) is 0.586. The zero-order chi connectivity index (χ0) is 13.5. The average Bonchev–Trinajstić information content (AvgIpc) is 2.34. The Bertz CT molecular complexity index is 303. The van der Waals surface area contributed by atoms with Gasteiger partial charge in [-0.3, -0.25) is 4.79 Å². The number of rotatable bonds is 6. The SMILES string of the molecule is NC(=S)C1CCCN(C(=O)CCOCC(F)F)C1. The summed E-state index contributed by atoms with van der Waals surface area (Å²) in [5.74, 6) is -0.0232. The molecule has 1 aliphatic heterocycles. The molecule has 0 bridgehead atoms. The van der Waals surface area contributed by atoms with Crippen LogP contribution in [0.1, 0.15) is 19.3 Å². The van der Waals surface area contributed by atoms with E-state index in [-0.39, 0.29) is 24.9 Å². The minimum atomic E-state index is -2.49. The van der Waals surface area contributed by atoms with Gasteiger partial charge in [-0.15, -0.1) is 0 Å². The molecule has 1 fully saturated rings. The number of carbonyl (C=O) groups excluding carboxylic acids is 1. The van der Waals surface area contributed by atoms with Gasteiger partial charge < -0.3 is 15.4 Å². The minimum Gasteiger partial charge on any atom is -0.393 e. The van der Waals surface area contributed by atoms with Gasteiger partial charge in [0.05, 0.1) is 18.0 Å². The topological polar surface area (TPSA) is 55.6 Å². The molecule has 1 amide bonds. The Morgan fingerprint density at radius 2 is 2.28 bits per heavy atom. The molecule has 1 aliphatic rings. The standard InChI is InChI=1S/C11H18F2N2O2S/c12-9(13)7-17-5-3-10(16)15-4-1-2-8(6-15)11(14)18/h8-9H,1-7H2,(H2,14,18). The molecule has 1 atom stereocenters. The molecular weight excluding hydrogens is 262 g/mol. The first-order valence-electron chi connectivity index (χ1n) is 5.93. The summed E-state index contributed by atoms with van der Waals surface area (Å²) in [5, 5.41) is 0. The van der Waals surface area contributed by atoms with Crippen LogP contribution >= 0.6 is 12.2 Å². The van der Waals surface area contributed by atoms with Crippen molar-refractivity contribution in [1.82, 2.24) is 4.90 Å². The molecule has 18 heavy (non-hydrogen) atoms. The minimum absolute atomic E-state index is 0.0252. The fourth-order valence-corrected chi connectivity index (χ4v) is 2.12. The Balaban J connectivity index is 2.26. The highest BCUT2D eigenvalue weighted by Gasteiger charge is 2.24. The highest BCUT2D eigenvalue weighted by atomic mass is 32.1. The molecule has 1 heterocycles. The van der Waals surface area contributed by atoms with Gasteiger partial charge >= 0.3 is 0 Å². The van der Waals surface area contributed by atoms with Crippen molar-refractivity contribution in [3.05, 3.63) is 0 Å². The van der Waals surface area contributed by atoms with Crippen LogP contribution in [0, 0.1) is 5.92 Å². The first-order chi connectivity index (χ1) is 8.50. The van der Waals surface area contributed by atoms with Gasteiger partial charge in [0.2, 0.25) is 5.91 Å². The number of hydrogen-bond acceptors (Lipinski definition) is 3. The van der Waals surface area contributed by atoms with E-state index in [4.69, 9.17) is 18.0 Å². The van der Waals surface area contributed by atoms with E-state index in [1.165, 1.54) is 0 Å². The number of halogens is 2. The van der Waals surface area contributed by atoms with Gasteiger partial charge in [-0.2, -0.15) is 0 Å². The number of amides is 1. The molecule has 7 heteroatoms. The van der Waals surface area contributed by atoms with E-state index in [1.54, 1.807) is 4.90 Å². The number of alkyl halides is 2. The monoisotopic (exact) mass is 280 g/mol. The third-order valence-electron chi connectivity index (χ3n) is 2.88. The Labute approximate surface area is 110 Å². The second kappa shape index (κ2) is 7.58. The van der Waals surface area contributed by atoms with Gasteiger partial charge in [-0.05, 0) is 12.8 Å². The fourth-order valence-electron chi connectivity index (χ4n) is 1.93. The third-order valence-corrected chi connectivity index (χ3v) is 3.21. The second-order valence-electron chi connectivity index (χ2n) is 4.30. The Morgan fingerprint density at radius 1 is 1.56 bits per heavy atom. The second-order valence-corrected chi connectivity index (χ2v) is 4.77. The van der Waals surface area contributed by atoms with E-state index in [2.05, 4.69) is 4.74 Å². The van der Waals surface area contributed by atoms with E-state index in [0.717, 1.165) is 12.8 Å². The number of nitrogens with zero attached hydrogens (tertiary/aromatic N) is 1. The summed E-state index contributed by atoms with van der Waals surface area (Å²) in [7, 11) is 0. The van der Waals surface area contributed by atoms with E-state index < -0.39 is 13.0 Å². The van der Waals surface area contributed by atoms with E-state index >= 15 is 0 Å². The predicted octanol–water partition coefficient (Wildman–Crippen LogP) is 1.18. The zero-order valence-corrected chi connectivity index (χ0v) is 10.9. The smallest absolute Gasteiger partial charge is 0.261 e. The van der Waals surface area contributed by atoms with Crippen LogP contribution in [-0.4, -0.2) is 48.5 Å². The third kappa shape index (κ3) is 5.22. The lowest BCUT2D eigenvalue weighted by molar-refractivity contribution is -0.134. The van der Waals surface area contributed by atoms with E-state index in [1.807, 2.05) is 0 Å². The molecule has 0 aromatic carbocycles. The van der Waals surface area contributed by atoms with Gasteiger partial charge in [-0.25, -0.2) is 8.78 Å². The lowest BCUT2D eigenvalue weighted by Gasteiger charge is -2.32. The largest absolute Gasteiger partial charge is 0.393 e. The molecule has 4 nitrogen and oxygen atoms in total. The predicted molar refractivity (Wildman–Crippen MR) is 67.5 cm³/mol. The van der Waals surface area contributed by atoms with E-state index in [0.29, 0.717) is 18.1 Å². The lowest BCUT2D eigenvalue weighted by atomic mass is 9.98. The first-order valence-corrected chi connectivity index (χ1v) is 6.34. The molecule has 1 unspecified atom stereocenters. The van der Waals surface area contributed by atoms with Crippen LogP contribution in [-0.2, 0) is 9.53 Å². The Hall–Kier alpha value is -0.820. The number of ether oxygens (including phenoxy) is 1. The molecule has 2 N–H and O–H groups in total. The van der Waals surface area contributed by atoms with Crippen molar-refractivity contribution in [2.75, 3.05) is 26.3 Å². The fraction of sp³-hybridized carbons (Fsp3) is 0.818. The summed E-state index contributed by atoms with van der Waals surface area (Å²) < 4.78 is 28.3. The number of nitrogens with two attached hydrogens (primary N) is 1.